The Morgan fingerprint density at radius 3 is 1.84 bits per heavy atom. The van der Waals surface area contributed by atoms with Crippen LogP contribution >= 0.6 is 0 Å². The number of hydrogen-bond donors (Lipinski definition) is 1. The highest BCUT2D eigenvalue weighted by Gasteiger charge is 2.21. The first kappa shape index (κ1) is 15.7. The molecule has 0 heterocycles. The lowest BCUT2D eigenvalue weighted by atomic mass is 9.92. The molecule has 2 nitrogen and oxygen atoms in total. The van der Waals surface area contributed by atoms with E-state index in [-0.39, 0.29) is 11.9 Å². The summed E-state index contributed by atoms with van der Waals surface area (Å²) in [4.78, 5) is 12.4. The van der Waals surface area contributed by atoms with Gasteiger partial charge in [0.15, 0.2) is 0 Å². The van der Waals surface area contributed by atoms with Crippen molar-refractivity contribution in [1.82, 2.24) is 5.32 Å². The molecule has 0 aliphatic rings. The molecule has 0 aliphatic carbocycles. The van der Waals surface area contributed by atoms with Gasteiger partial charge >= 0.3 is 0 Å². The second kappa shape index (κ2) is 6.23. The van der Waals surface area contributed by atoms with Gasteiger partial charge in [0.1, 0.15) is 0 Å². The van der Waals surface area contributed by atoms with E-state index in [1.54, 1.807) is 0 Å². The molecule has 0 saturated heterocycles. The fourth-order valence-corrected chi connectivity index (χ4v) is 2.54. The summed E-state index contributed by atoms with van der Waals surface area (Å²) in [6.07, 6.45) is 0. The van der Waals surface area contributed by atoms with E-state index in [0.717, 1.165) is 11.1 Å². The molecule has 1 aromatic carbocycles. The monoisotopic (exact) mass is 261 g/mol. The Hall–Kier alpha value is -1.31. The Kier molecular flexibility index (Phi) is 5.16. The van der Waals surface area contributed by atoms with Crippen molar-refractivity contribution >= 4 is 5.91 Å². The van der Waals surface area contributed by atoms with E-state index >= 15 is 0 Å². The minimum Gasteiger partial charge on any atom is -0.349 e. The molecular formula is C17H27NO. The lowest BCUT2D eigenvalue weighted by molar-refractivity contribution is 0.0909. The Balaban J connectivity index is 2.98. The van der Waals surface area contributed by atoms with E-state index in [4.69, 9.17) is 0 Å². The van der Waals surface area contributed by atoms with Gasteiger partial charge in [0, 0.05) is 11.6 Å². The molecule has 0 bridgehead atoms. The largest absolute Gasteiger partial charge is 0.349 e. The molecule has 1 amide bonds. The number of rotatable bonds is 4. The molecule has 0 unspecified atom stereocenters. The molecule has 2 heteroatoms. The highest BCUT2D eigenvalue weighted by atomic mass is 16.1. The van der Waals surface area contributed by atoms with Gasteiger partial charge in [0.25, 0.3) is 5.91 Å². The zero-order valence-corrected chi connectivity index (χ0v) is 13.3. The van der Waals surface area contributed by atoms with Crippen LogP contribution < -0.4 is 5.32 Å². The van der Waals surface area contributed by atoms with E-state index in [2.05, 4.69) is 46.0 Å². The van der Waals surface area contributed by atoms with E-state index in [1.165, 1.54) is 11.1 Å². The van der Waals surface area contributed by atoms with Gasteiger partial charge in [-0.25, -0.2) is 0 Å². The third-order valence-electron chi connectivity index (χ3n) is 3.82. The second-order valence-corrected chi connectivity index (χ2v) is 6.24. The number of carbonyl (C=O) groups is 1. The molecule has 0 aliphatic heterocycles. The summed E-state index contributed by atoms with van der Waals surface area (Å²) in [6.45, 7) is 14.7. The fourth-order valence-electron chi connectivity index (χ4n) is 2.54. The molecule has 0 aromatic heterocycles. The minimum atomic E-state index is 0.0491. The van der Waals surface area contributed by atoms with Gasteiger partial charge in [-0.2, -0.15) is 0 Å². The van der Waals surface area contributed by atoms with Crippen LogP contribution in [0.5, 0.6) is 0 Å². The summed E-state index contributed by atoms with van der Waals surface area (Å²) >= 11 is 0. The van der Waals surface area contributed by atoms with Crippen molar-refractivity contribution in [2.24, 2.45) is 11.8 Å². The fraction of sp³-hybridized carbons (Fsp3) is 0.588. The molecule has 1 aromatic rings. The number of nitrogens with one attached hydrogen (secondary N) is 1. The van der Waals surface area contributed by atoms with Crippen LogP contribution in [0.1, 0.15) is 54.7 Å². The van der Waals surface area contributed by atoms with Gasteiger partial charge in [0.2, 0.25) is 0 Å². The van der Waals surface area contributed by atoms with Gasteiger partial charge in [-0.15, -0.1) is 0 Å². The molecule has 106 valence electrons. The van der Waals surface area contributed by atoms with Crippen LogP contribution in [0.25, 0.3) is 0 Å². The van der Waals surface area contributed by atoms with Crippen molar-refractivity contribution in [2.45, 2.75) is 54.5 Å². The Bertz CT molecular complexity index is 453. The predicted molar refractivity (Wildman–Crippen MR) is 81.6 cm³/mol. The third kappa shape index (κ3) is 3.82. The normalized spacial score (nSPS) is 11.5. The lowest BCUT2D eigenvalue weighted by Gasteiger charge is -2.26. The smallest absolute Gasteiger partial charge is 0.251 e. The zero-order chi connectivity index (χ0) is 14.7. The maximum absolute atomic E-state index is 12.4. The molecule has 0 spiro atoms. The van der Waals surface area contributed by atoms with Crippen LogP contribution in [-0.2, 0) is 0 Å². The lowest BCUT2D eigenvalue weighted by Crippen LogP contribution is -2.42. The maximum atomic E-state index is 12.4. The van der Waals surface area contributed by atoms with Gasteiger partial charge in [-0.3, -0.25) is 4.79 Å². The summed E-state index contributed by atoms with van der Waals surface area (Å²) in [5.41, 5.74) is 4.25. The molecule has 0 radical (unpaired) electrons. The first-order valence-corrected chi connectivity index (χ1v) is 7.12. The van der Waals surface area contributed by atoms with Crippen LogP contribution in [0.3, 0.4) is 0 Å². The van der Waals surface area contributed by atoms with Crippen molar-refractivity contribution in [2.75, 3.05) is 0 Å². The summed E-state index contributed by atoms with van der Waals surface area (Å²) in [5, 5.41) is 3.18. The topological polar surface area (TPSA) is 29.1 Å². The van der Waals surface area contributed by atoms with Gasteiger partial charge in [0.05, 0.1) is 0 Å². The second-order valence-electron chi connectivity index (χ2n) is 6.24. The first-order valence-electron chi connectivity index (χ1n) is 7.12. The molecule has 1 N–H and O–H groups in total. The standard InChI is InChI=1S/C17H27NO/c1-10(2)16(11(3)4)18-17(19)15-9-13(6)12(5)8-14(15)7/h8-11,16H,1-7H3,(H,18,19). The first-order chi connectivity index (χ1) is 8.73. The number of amides is 1. The zero-order valence-electron chi connectivity index (χ0n) is 13.3. The number of carbonyl (C=O) groups excluding carboxylic acids is 1. The summed E-state index contributed by atoms with van der Waals surface area (Å²) in [7, 11) is 0. The van der Waals surface area contributed by atoms with Crippen LogP contribution in [0, 0.1) is 32.6 Å². The molecule has 0 atom stereocenters. The van der Waals surface area contributed by atoms with Crippen LogP contribution in [0.15, 0.2) is 12.1 Å². The van der Waals surface area contributed by atoms with Gasteiger partial charge in [-0.1, -0.05) is 33.8 Å². The average Bonchev–Trinajstić information content (AvgIpc) is 2.29. The van der Waals surface area contributed by atoms with Gasteiger partial charge in [-0.05, 0) is 55.4 Å². The van der Waals surface area contributed by atoms with E-state index < -0.39 is 0 Å². The Labute approximate surface area is 117 Å². The maximum Gasteiger partial charge on any atom is 0.251 e. The molecule has 19 heavy (non-hydrogen) atoms. The molecule has 0 saturated carbocycles. The van der Waals surface area contributed by atoms with Crippen LogP contribution in [0.2, 0.25) is 0 Å². The predicted octanol–water partition coefficient (Wildman–Crippen LogP) is 4.02. The van der Waals surface area contributed by atoms with Crippen molar-refractivity contribution in [3.63, 3.8) is 0 Å². The highest BCUT2D eigenvalue weighted by Crippen LogP contribution is 2.17. The highest BCUT2D eigenvalue weighted by molar-refractivity contribution is 5.96. The summed E-state index contributed by atoms with van der Waals surface area (Å²) < 4.78 is 0. The summed E-state index contributed by atoms with van der Waals surface area (Å²) in [6, 6.07) is 4.30. The summed E-state index contributed by atoms with van der Waals surface area (Å²) in [5.74, 6) is 0.930. The Morgan fingerprint density at radius 2 is 1.37 bits per heavy atom. The Morgan fingerprint density at radius 1 is 0.895 bits per heavy atom. The molecular weight excluding hydrogens is 234 g/mol. The van der Waals surface area contributed by atoms with E-state index in [9.17, 15) is 4.79 Å². The van der Waals surface area contributed by atoms with E-state index in [1.807, 2.05) is 19.9 Å². The van der Waals surface area contributed by atoms with Crippen molar-refractivity contribution < 1.29 is 4.79 Å². The quantitative estimate of drug-likeness (QED) is 0.871. The minimum absolute atomic E-state index is 0.0491. The van der Waals surface area contributed by atoms with Crippen LogP contribution in [-0.4, -0.2) is 11.9 Å². The van der Waals surface area contributed by atoms with Crippen molar-refractivity contribution in [3.8, 4) is 0 Å². The number of hydrogen-bond acceptors (Lipinski definition) is 1. The number of aryl methyl sites for hydroxylation is 3. The van der Waals surface area contributed by atoms with Crippen molar-refractivity contribution in [3.05, 3.63) is 34.4 Å². The van der Waals surface area contributed by atoms with Crippen LogP contribution in [0.4, 0.5) is 0 Å². The number of benzene rings is 1. The SMILES string of the molecule is Cc1cc(C)c(C(=O)NC(C(C)C)C(C)C)cc1C. The average molecular weight is 261 g/mol. The van der Waals surface area contributed by atoms with E-state index in [0.29, 0.717) is 11.8 Å². The van der Waals surface area contributed by atoms with Crippen molar-refractivity contribution in [1.29, 1.82) is 0 Å². The molecule has 0 fully saturated rings. The molecule has 1 rings (SSSR count). The van der Waals surface area contributed by atoms with Gasteiger partial charge < -0.3 is 5.32 Å². The third-order valence-corrected chi connectivity index (χ3v) is 3.82.